The van der Waals surface area contributed by atoms with Gasteiger partial charge in [0.1, 0.15) is 0 Å². The van der Waals surface area contributed by atoms with Crippen molar-refractivity contribution in [2.24, 2.45) is 0 Å². The smallest absolute Gasteiger partial charge is 0.388 e. The van der Waals surface area contributed by atoms with Crippen molar-refractivity contribution in [1.29, 1.82) is 0 Å². The molecule has 0 radical (unpaired) electrons. The van der Waals surface area contributed by atoms with Crippen molar-refractivity contribution in [2.45, 2.75) is 18.7 Å². The van der Waals surface area contributed by atoms with Crippen molar-refractivity contribution in [2.75, 3.05) is 0 Å². The van der Waals surface area contributed by atoms with E-state index in [-0.39, 0.29) is 0 Å². The maximum Gasteiger partial charge on any atom is 0.416 e. The Morgan fingerprint density at radius 2 is 1.80 bits per heavy atom. The van der Waals surface area contributed by atoms with E-state index in [1.165, 1.54) is 18.2 Å². The van der Waals surface area contributed by atoms with Crippen LogP contribution in [0.4, 0.5) is 13.2 Å². The predicted octanol–water partition coefficient (Wildman–Crippen LogP) is 3.31. The Bertz CT molecular complexity index is 327. The molecule has 1 aromatic carbocycles. The minimum Gasteiger partial charge on any atom is -0.388 e. The molecule has 1 atom stereocenters. The summed E-state index contributed by atoms with van der Waals surface area (Å²) in [7, 11) is 0. The SMILES string of the molecule is C=CCC(O)c1ccc(C(F)(F)F)cc1. The highest BCUT2D eigenvalue weighted by Gasteiger charge is 2.30. The maximum absolute atomic E-state index is 12.2. The van der Waals surface area contributed by atoms with Gasteiger partial charge < -0.3 is 5.11 Å². The second kappa shape index (κ2) is 4.49. The first-order valence-corrected chi connectivity index (χ1v) is 4.41. The van der Waals surface area contributed by atoms with Crippen LogP contribution in [0.1, 0.15) is 23.7 Å². The van der Waals surface area contributed by atoms with Crippen molar-refractivity contribution >= 4 is 0 Å². The summed E-state index contributed by atoms with van der Waals surface area (Å²) in [6, 6.07) is 4.47. The molecule has 0 heterocycles. The molecule has 0 aromatic heterocycles. The van der Waals surface area contributed by atoms with E-state index >= 15 is 0 Å². The monoisotopic (exact) mass is 216 g/mol. The highest BCUT2D eigenvalue weighted by atomic mass is 19.4. The van der Waals surface area contributed by atoms with Gasteiger partial charge in [-0.3, -0.25) is 0 Å². The summed E-state index contributed by atoms with van der Waals surface area (Å²) in [4.78, 5) is 0. The summed E-state index contributed by atoms with van der Waals surface area (Å²) in [5, 5.41) is 9.46. The number of alkyl halides is 3. The van der Waals surface area contributed by atoms with E-state index in [9.17, 15) is 18.3 Å². The molecule has 1 nitrogen and oxygen atoms in total. The van der Waals surface area contributed by atoms with E-state index in [0.29, 0.717) is 12.0 Å². The van der Waals surface area contributed by atoms with Crippen LogP contribution in [0, 0.1) is 0 Å². The number of halogens is 3. The van der Waals surface area contributed by atoms with Gasteiger partial charge in [-0.1, -0.05) is 18.2 Å². The molecule has 15 heavy (non-hydrogen) atoms. The molecule has 0 saturated heterocycles. The van der Waals surface area contributed by atoms with E-state index in [2.05, 4.69) is 6.58 Å². The maximum atomic E-state index is 12.2. The standard InChI is InChI=1S/C11H11F3O/c1-2-3-10(15)8-4-6-9(7-5-8)11(12,13)14/h2,4-7,10,15H,1,3H2. The lowest BCUT2D eigenvalue weighted by Gasteiger charge is -2.10. The largest absolute Gasteiger partial charge is 0.416 e. The van der Waals surface area contributed by atoms with Crippen molar-refractivity contribution < 1.29 is 18.3 Å². The molecular formula is C11H11F3O. The first-order chi connectivity index (χ1) is 6.95. The molecule has 0 aliphatic carbocycles. The van der Waals surface area contributed by atoms with Crippen LogP contribution in [0.25, 0.3) is 0 Å². The average molecular weight is 216 g/mol. The Labute approximate surface area is 85.9 Å². The summed E-state index contributed by atoms with van der Waals surface area (Å²) in [6.07, 6.45) is -3.28. The third-order valence-electron chi connectivity index (χ3n) is 2.01. The summed E-state index contributed by atoms with van der Waals surface area (Å²) in [5.74, 6) is 0. The van der Waals surface area contributed by atoms with E-state index in [1.54, 1.807) is 0 Å². The molecule has 1 N–H and O–H groups in total. The van der Waals surface area contributed by atoms with Crippen LogP contribution in [0.15, 0.2) is 36.9 Å². The highest BCUT2D eigenvalue weighted by molar-refractivity contribution is 5.26. The lowest BCUT2D eigenvalue weighted by molar-refractivity contribution is -0.137. The van der Waals surface area contributed by atoms with Crippen molar-refractivity contribution in [3.8, 4) is 0 Å². The zero-order valence-electron chi connectivity index (χ0n) is 7.96. The summed E-state index contributed by atoms with van der Waals surface area (Å²) >= 11 is 0. The van der Waals surface area contributed by atoms with Crippen LogP contribution in [0.2, 0.25) is 0 Å². The molecular weight excluding hydrogens is 205 g/mol. The molecule has 0 spiro atoms. The zero-order valence-corrected chi connectivity index (χ0v) is 7.96. The van der Waals surface area contributed by atoms with Crippen LogP contribution < -0.4 is 0 Å². The lowest BCUT2D eigenvalue weighted by Crippen LogP contribution is -2.05. The van der Waals surface area contributed by atoms with Gasteiger partial charge in [0.05, 0.1) is 11.7 Å². The molecule has 82 valence electrons. The molecule has 1 rings (SSSR count). The average Bonchev–Trinajstić information content (AvgIpc) is 2.17. The Kier molecular flexibility index (Phi) is 3.52. The topological polar surface area (TPSA) is 20.2 Å². The fourth-order valence-corrected chi connectivity index (χ4v) is 1.19. The van der Waals surface area contributed by atoms with Gasteiger partial charge in [0.25, 0.3) is 0 Å². The normalized spacial score (nSPS) is 13.6. The summed E-state index contributed by atoms with van der Waals surface area (Å²) in [6.45, 7) is 3.44. The van der Waals surface area contributed by atoms with Gasteiger partial charge in [0.15, 0.2) is 0 Å². The van der Waals surface area contributed by atoms with Crippen molar-refractivity contribution in [3.63, 3.8) is 0 Å². The van der Waals surface area contributed by atoms with Gasteiger partial charge in [0, 0.05) is 0 Å². The second-order valence-corrected chi connectivity index (χ2v) is 3.16. The van der Waals surface area contributed by atoms with Gasteiger partial charge in [-0.05, 0) is 24.1 Å². The number of rotatable bonds is 3. The molecule has 0 bridgehead atoms. The van der Waals surface area contributed by atoms with E-state index < -0.39 is 17.8 Å². The van der Waals surface area contributed by atoms with E-state index in [4.69, 9.17) is 0 Å². The van der Waals surface area contributed by atoms with Crippen LogP contribution in [-0.2, 0) is 6.18 Å². The second-order valence-electron chi connectivity index (χ2n) is 3.16. The number of hydrogen-bond acceptors (Lipinski definition) is 1. The molecule has 0 aliphatic rings. The van der Waals surface area contributed by atoms with Gasteiger partial charge in [-0.25, -0.2) is 0 Å². The molecule has 0 saturated carbocycles. The van der Waals surface area contributed by atoms with Crippen LogP contribution in [-0.4, -0.2) is 5.11 Å². The van der Waals surface area contributed by atoms with E-state index in [1.807, 2.05) is 0 Å². The van der Waals surface area contributed by atoms with E-state index in [0.717, 1.165) is 12.1 Å². The molecule has 1 unspecified atom stereocenters. The van der Waals surface area contributed by atoms with Crippen LogP contribution in [0.3, 0.4) is 0 Å². The Morgan fingerprint density at radius 1 is 1.27 bits per heavy atom. The summed E-state index contributed by atoms with van der Waals surface area (Å²) < 4.78 is 36.6. The Balaban J connectivity index is 2.85. The number of aliphatic hydroxyl groups excluding tert-OH is 1. The predicted molar refractivity (Wildman–Crippen MR) is 51.2 cm³/mol. The summed E-state index contributed by atoms with van der Waals surface area (Å²) in [5.41, 5.74) is -0.250. The van der Waals surface area contributed by atoms with Gasteiger partial charge in [-0.15, -0.1) is 6.58 Å². The van der Waals surface area contributed by atoms with Gasteiger partial charge in [0.2, 0.25) is 0 Å². The third-order valence-corrected chi connectivity index (χ3v) is 2.01. The Hall–Kier alpha value is -1.29. The first kappa shape index (κ1) is 11.8. The highest BCUT2D eigenvalue weighted by Crippen LogP contribution is 2.30. The van der Waals surface area contributed by atoms with Crippen LogP contribution >= 0.6 is 0 Å². The quantitative estimate of drug-likeness (QED) is 0.768. The number of aliphatic hydroxyl groups is 1. The lowest BCUT2D eigenvalue weighted by atomic mass is 10.0. The van der Waals surface area contributed by atoms with Crippen LogP contribution in [0.5, 0.6) is 0 Å². The minimum absolute atomic E-state index is 0.325. The first-order valence-electron chi connectivity index (χ1n) is 4.41. The van der Waals surface area contributed by atoms with Gasteiger partial charge in [-0.2, -0.15) is 13.2 Å². The molecule has 1 aromatic rings. The fraction of sp³-hybridized carbons (Fsp3) is 0.273. The van der Waals surface area contributed by atoms with Crippen molar-refractivity contribution in [1.82, 2.24) is 0 Å². The molecule has 4 heteroatoms. The molecule has 0 fully saturated rings. The van der Waals surface area contributed by atoms with Crippen molar-refractivity contribution in [3.05, 3.63) is 48.0 Å². The number of hydrogen-bond donors (Lipinski definition) is 1. The third kappa shape index (κ3) is 3.09. The fourth-order valence-electron chi connectivity index (χ4n) is 1.19. The number of benzene rings is 1. The Morgan fingerprint density at radius 3 is 2.20 bits per heavy atom. The van der Waals surface area contributed by atoms with Gasteiger partial charge >= 0.3 is 6.18 Å². The minimum atomic E-state index is -4.33. The zero-order chi connectivity index (χ0) is 11.5. The molecule has 0 amide bonds. The molecule has 0 aliphatic heterocycles.